The largest absolute Gasteiger partial charge is 0.477 e. The van der Waals surface area contributed by atoms with Gasteiger partial charge in [0, 0.05) is 22.8 Å². The van der Waals surface area contributed by atoms with E-state index in [4.69, 9.17) is 4.74 Å². The molecule has 0 aromatic carbocycles. The summed E-state index contributed by atoms with van der Waals surface area (Å²) in [7, 11) is 0. The van der Waals surface area contributed by atoms with Gasteiger partial charge in [0.05, 0.1) is 29.7 Å². The van der Waals surface area contributed by atoms with Crippen molar-refractivity contribution in [2.45, 2.75) is 20.8 Å². The lowest BCUT2D eigenvalue weighted by Gasteiger charge is -2.06. The Bertz CT molecular complexity index is 1160. The third-order valence-corrected chi connectivity index (χ3v) is 4.54. The number of hydrogen-bond acceptors (Lipinski definition) is 5. The average Bonchev–Trinajstić information content (AvgIpc) is 3.26. The van der Waals surface area contributed by atoms with Crippen LogP contribution in [-0.2, 0) is 0 Å². The van der Waals surface area contributed by atoms with Gasteiger partial charge in [-0.2, -0.15) is 5.10 Å². The molecule has 1 amide bonds. The number of H-pyrrole nitrogens is 2. The number of nitrogens with zero attached hydrogens (tertiary/aromatic N) is 3. The Morgan fingerprint density at radius 1 is 1.25 bits per heavy atom. The van der Waals surface area contributed by atoms with E-state index in [1.54, 1.807) is 12.4 Å². The highest BCUT2D eigenvalue weighted by atomic mass is 16.5. The van der Waals surface area contributed by atoms with Crippen molar-refractivity contribution < 1.29 is 9.53 Å². The van der Waals surface area contributed by atoms with Crippen LogP contribution in [-0.4, -0.2) is 37.7 Å². The third kappa shape index (κ3) is 3.20. The summed E-state index contributed by atoms with van der Waals surface area (Å²) in [5, 5.41) is 10.6. The van der Waals surface area contributed by atoms with Crippen molar-refractivity contribution in [2.75, 3.05) is 11.9 Å². The van der Waals surface area contributed by atoms with E-state index in [0.29, 0.717) is 29.5 Å². The zero-order valence-electron chi connectivity index (χ0n) is 15.8. The van der Waals surface area contributed by atoms with E-state index < -0.39 is 0 Å². The zero-order valence-corrected chi connectivity index (χ0v) is 15.8. The number of fused-ring (bicyclic) bond motifs is 1. The highest BCUT2D eigenvalue weighted by molar-refractivity contribution is 6.04. The van der Waals surface area contributed by atoms with E-state index in [0.717, 1.165) is 27.9 Å². The molecule has 0 atom stereocenters. The van der Waals surface area contributed by atoms with Crippen LogP contribution in [0.3, 0.4) is 0 Å². The molecule has 4 rings (SSSR count). The summed E-state index contributed by atoms with van der Waals surface area (Å²) >= 11 is 0. The van der Waals surface area contributed by atoms with Crippen molar-refractivity contribution in [3.8, 4) is 17.1 Å². The molecule has 4 aromatic heterocycles. The molecule has 8 heteroatoms. The number of ether oxygens (including phenoxy) is 1. The first-order chi connectivity index (χ1) is 13.6. The summed E-state index contributed by atoms with van der Waals surface area (Å²) in [6.07, 6.45) is 3.31. The standard InChI is InChI=1S/C20H20N6O2/c1-4-28-20-15(6-5-7-21-20)16-9-13-8-14(10-22-18(13)24-16)23-19(27)17-11(2)12(3)25-26-17/h5-10H,4H2,1-3H3,(H,22,24)(H,23,27)(H,25,26). The van der Waals surface area contributed by atoms with Crippen LogP contribution in [0.4, 0.5) is 5.69 Å². The van der Waals surface area contributed by atoms with Gasteiger partial charge in [-0.3, -0.25) is 9.89 Å². The molecule has 4 aromatic rings. The Labute approximate surface area is 161 Å². The number of aromatic amines is 2. The molecule has 0 radical (unpaired) electrons. The van der Waals surface area contributed by atoms with Crippen molar-refractivity contribution in [2.24, 2.45) is 0 Å². The lowest BCUT2D eigenvalue weighted by molar-refractivity contribution is 0.102. The van der Waals surface area contributed by atoms with Gasteiger partial charge in [0.15, 0.2) is 5.69 Å². The normalized spacial score (nSPS) is 11.0. The fourth-order valence-electron chi connectivity index (χ4n) is 2.97. The second-order valence-electron chi connectivity index (χ2n) is 6.41. The highest BCUT2D eigenvalue weighted by Crippen LogP contribution is 2.30. The van der Waals surface area contributed by atoms with Gasteiger partial charge in [0.2, 0.25) is 5.88 Å². The van der Waals surface area contributed by atoms with Gasteiger partial charge in [-0.1, -0.05) is 0 Å². The molecule has 8 nitrogen and oxygen atoms in total. The first-order valence-electron chi connectivity index (χ1n) is 8.96. The second-order valence-corrected chi connectivity index (χ2v) is 6.41. The van der Waals surface area contributed by atoms with E-state index >= 15 is 0 Å². The van der Waals surface area contributed by atoms with Crippen LogP contribution in [0.2, 0.25) is 0 Å². The number of aromatic nitrogens is 5. The number of amides is 1. The van der Waals surface area contributed by atoms with Crippen molar-refractivity contribution in [3.63, 3.8) is 0 Å². The molecule has 0 saturated heterocycles. The van der Waals surface area contributed by atoms with E-state index in [9.17, 15) is 4.79 Å². The molecule has 3 N–H and O–H groups in total. The Morgan fingerprint density at radius 2 is 2.11 bits per heavy atom. The predicted octanol–water partition coefficient (Wildman–Crippen LogP) is 3.62. The number of pyridine rings is 2. The van der Waals surface area contributed by atoms with Crippen LogP contribution in [0.25, 0.3) is 22.3 Å². The predicted molar refractivity (Wildman–Crippen MR) is 107 cm³/mol. The minimum atomic E-state index is -0.273. The average molecular weight is 376 g/mol. The summed E-state index contributed by atoms with van der Waals surface area (Å²) in [6, 6.07) is 7.62. The molecule has 0 aliphatic rings. The van der Waals surface area contributed by atoms with Gasteiger partial charge in [-0.25, -0.2) is 9.97 Å². The Morgan fingerprint density at radius 3 is 2.86 bits per heavy atom. The maximum atomic E-state index is 12.5. The van der Waals surface area contributed by atoms with Crippen LogP contribution < -0.4 is 10.1 Å². The first kappa shape index (κ1) is 17.7. The molecule has 4 heterocycles. The highest BCUT2D eigenvalue weighted by Gasteiger charge is 2.16. The van der Waals surface area contributed by atoms with Gasteiger partial charge in [0.1, 0.15) is 5.65 Å². The van der Waals surface area contributed by atoms with Crippen molar-refractivity contribution in [1.82, 2.24) is 25.1 Å². The summed E-state index contributed by atoms with van der Waals surface area (Å²) in [4.78, 5) is 24.5. The maximum absolute atomic E-state index is 12.5. The van der Waals surface area contributed by atoms with Crippen molar-refractivity contribution in [1.29, 1.82) is 0 Å². The van der Waals surface area contributed by atoms with E-state index in [1.807, 2.05) is 45.0 Å². The van der Waals surface area contributed by atoms with E-state index in [2.05, 4.69) is 30.5 Å². The topological polar surface area (TPSA) is 109 Å². The summed E-state index contributed by atoms with van der Waals surface area (Å²) in [6.45, 7) is 6.19. The molecule has 0 spiro atoms. The van der Waals surface area contributed by atoms with Gasteiger partial charge < -0.3 is 15.0 Å². The van der Waals surface area contributed by atoms with Gasteiger partial charge in [0.25, 0.3) is 5.91 Å². The molecule has 0 aliphatic carbocycles. The molecule has 0 unspecified atom stereocenters. The number of carbonyl (C=O) groups excluding carboxylic acids is 1. The smallest absolute Gasteiger partial charge is 0.276 e. The Hall–Kier alpha value is -3.68. The summed E-state index contributed by atoms with van der Waals surface area (Å²) in [5.74, 6) is 0.291. The van der Waals surface area contributed by atoms with Crippen LogP contribution in [0.15, 0.2) is 36.7 Å². The molecule has 0 bridgehead atoms. The number of anilines is 1. The van der Waals surface area contributed by atoms with Crippen molar-refractivity contribution in [3.05, 3.63) is 53.6 Å². The third-order valence-electron chi connectivity index (χ3n) is 4.54. The maximum Gasteiger partial charge on any atom is 0.276 e. The fraction of sp³-hybridized carbons (Fsp3) is 0.200. The molecule has 0 aliphatic heterocycles. The van der Waals surface area contributed by atoms with Crippen LogP contribution >= 0.6 is 0 Å². The van der Waals surface area contributed by atoms with Gasteiger partial charge in [-0.05, 0) is 45.0 Å². The molecule has 0 fully saturated rings. The molecule has 142 valence electrons. The van der Waals surface area contributed by atoms with Gasteiger partial charge >= 0.3 is 0 Å². The number of carbonyl (C=O) groups is 1. The van der Waals surface area contributed by atoms with Crippen LogP contribution in [0.1, 0.15) is 28.7 Å². The van der Waals surface area contributed by atoms with Crippen molar-refractivity contribution >= 4 is 22.6 Å². The number of hydrogen-bond donors (Lipinski definition) is 3. The minimum absolute atomic E-state index is 0.273. The number of rotatable bonds is 5. The molecule has 28 heavy (non-hydrogen) atoms. The number of nitrogens with one attached hydrogen (secondary N) is 3. The summed E-state index contributed by atoms with van der Waals surface area (Å²) in [5.41, 5.74) is 5.09. The quantitative estimate of drug-likeness (QED) is 0.493. The lowest BCUT2D eigenvalue weighted by atomic mass is 10.2. The first-order valence-corrected chi connectivity index (χ1v) is 8.96. The summed E-state index contributed by atoms with van der Waals surface area (Å²) < 4.78 is 5.61. The Kier molecular flexibility index (Phi) is 4.52. The van der Waals surface area contributed by atoms with Crippen LogP contribution in [0, 0.1) is 13.8 Å². The molecular weight excluding hydrogens is 356 g/mol. The molecule has 0 saturated carbocycles. The van der Waals surface area contributed by atoms with E-state index in [1.165, 1.54) is 0 Å². The SMILES string of the molecule is CCOc1ncccc1-c1cc2cc(NC(=O)c3n[nH]c(C)c3C)cnc2[nH]1. The second kappa shape index (κ2) is 7.15. The minimum Gasteiger partial charge on any atom is -0.477 e. The zero-order chi connectivity index (χ0) is 19.7. The van der Waals surface area contributed by atoms with Gasteiger partial charge in [-0.15, -0.1) is 0 Å². The lowest BCUT2D eigenvalue weighted by Crippen LogP contribution is -2.13. The molecular formula is C20H20N6O2. The van der Waals surface area contributed by atoms with Crippen LogP contribution in [0.5, 0.6) is 5.88 Å². The van der Waals surface area contributed by atoms with E-state index in [-0.39, 0.29) is 5.91 Å². The monoisotopic (exact) mass is 376 g/mol. The fourth-order valence-corrected chi connectivity index (χ4v) is 2.97. The Balaban J connectivity index is 1.64. The number of aryl methyl sites for hydroxylation is 1.